The normalized spacial score (nSPS) is 14.0. The quantitative estimate of drug-likeness (QED) is 0.545. The van der Waals surface area contributed by atoms with E-state index < -0.39 is 25.4 Å². The van der Waals surface area contributed by atoms with Crippen LogP contribution < -0.4 is 0 Å². The molecular formula is C19H24BrFO2Sn. The summed E-state index contributed by atoms with van der Waals surface area (Å²) in [6, 6.07) is 11.6. The fraction of sp³-hybridized carbons (Fsp3) is 0.368. The van der Waals surface area contributed by atoms with Crippen molar-refractivity contribution in [3.8, 4) is 0 Å². The van der Waals surface area contributed by atoms with Gasteiger partial charge in [-0.3, -0.25) is 0 Å². The molecule has 5 heteroatoms. The van der Waals surface area contributed by atoms with Crippen LogP contribution in [0.25, 0.3) is 0 Å². The van der Waals surface area contributed by atoms with Crippen molar-refractivity contribution in [1.82, 2.24) is 0 Å². The number of aliphatic hydroxyl groups is 2. The van der Waals surface area contributed by atoms with Crippen molar-refractivity contribution in [2.75, 3.05) is 0 Å². The Hall–Kier alpha value is -0.431. The van der Waals surface area contributed by atoms with Gasteiger partial charge in [-0.2, -0.15) is 0 Å². The summed E-state index contributed by atoms with van der Waals surface area (Å²) < 4.78 is 15.4. The van der Waals surface area contributed by atoms with Crippen molar-refractivity contribution < 1.29 is 14.6 Å². The second-order valence-corrected chi connectivity index (χ2v) is 17.1. The SMILES string of the molecule is [CH3][SnH]([CH3])[CH2]CCC(O)(c1ccc(F)cc1)c1ccc(Br)cc1CO. The molecule has 0 saturated heterocycles. The summed E-state index contributed by atoms with van der Waals surface area (Å²) in [6.07, 6.45) is 1.50. The van der Waals surface area contributed by atoms with Gasteiger partial charge in [-0.05, 0) is 0 Å². The Morgan fingerprint density at radius 1 is 1.12 bits per heavy atom. The third kappa shape index (κ3) is 4.81. The van der Waals surface area contributed by atoms with Crippen LogP contribution >= 0.6 is 15.9 Å². The maximum absolute atomic E-state index is 13.3. The average molecular weight is 502 g/mol. The van der Waals surface area contributed by atoms with Crippen LogP contribution in [0.2, 0.25) is 14.3 Å². The Bertz CT molecular complexity index is 676. The van der Waals surface area contributed by atoms with Crippen LogP contribution in [-0.4, -0.2) is 30.0 Å². The minimum atomic E-state index is -1.36. The number of rotatable bonds is 7. The number of aliphatic hydroxyl groups excluding tert-OH is 1. The standard InChI is InChI=1S/C17H17BrFO2.2CH3.Sn.H/c1-2-9-17(21,13-3-6-15(19)7-4-13)16-8-5-14(18)10-12(16)11-20;;;;/h3-8,10,20-21H,1-2,9,11H2;2*1H3;;. The van der Waals surface area contributed by atoms with Crippen LogP contribution in [0, 0.1) is 5.82 Å². The fourth-order valence-electron chi connectivity index (χ4n) is 3.02. The molecule has 0 saturated carbocycles. The van der Waals surface area contributed by atoms with Gasteiger partial charge in [0.2, 0.25) is 0 Å². The predicted octanol–water partition coefficient (Wildman–Crippen LogP) is 4.58. The fourth-order valence-corrected chi connectivity index (χ4v) is 6.34. The van der Waals surface area contributed by atoms with E-state index in [1.807, 2.05) is 18.2 Å². The van der Waals surface area contributed by atoms with E-state index in [4.69, 9.17) is 0 Å². The van der Waals surface area contributed by atoms with E-state index in [-0.39, 0.29) is 12.4 Å². The molecule has 0 aliphatic carbocycles. The summed E-state index contributed by atoms with van der Waals surface area (Å²) in [5, 5.41) is 21.3. The summed E-state index contributed by atoms with van der Waals surface area (Å²) in [5.74, 6) is -0.322. The van der Waals surface area contributed by atoms with Gasteiger partial charge in [0, 0.05) is 0 Å². The molecule has 0 amide bonds. The first kappa shape index (κ1) is 19.9. The second kappa shape index (κ2) is 8.79. The first-order valence-corrected chi connectivity index (χ1v) is 18.0. The monoisotopic (exact) mass is 502 g/mol. The number of hydrogen-bond acceptors (Lipinski definition) is 2. The van der Waals surface area contributed by atoms with E-state index in [1.54, 1.807) is 12.1 Å². The Labute approximate surface area is 158 Å². The molecule has 1 atom stereocenters. The molecule has 2 nitrogen and oxygen atoms in total. The summed E-state index contributed by atoms with van der Waals surface area (Å²) in [7, 11) is 0. The zero-order valence-corrected chi connectivity index (χ0v) is 19.0. The van der Waals surface area contributed by atoms with Crippen LogP contribution in [0.5, 0.6) is 0 Å². The summed E-state index contributed by atoms with van der Waals surface area (Å²) >= 11 is 2.05. The Balaban J connectivity index is 2.47. The van der Waals surface area contributed by atoms with E-state index in [2.05, 4.69) is 25.8 Å². The molecule has 0 spiro atoms. The van der Waals surface area contributed by atoms with Crippen LogP contribution in [0.1, 0.15) is 29.5 Å². The first-order valence-electron chi connectivity index (χ1n) is 8.25. The van der Waals surface area contributed by atoms with E-state index in [0.717, 1.165) is 10.9 Å². The predicted molar refractivity (Wildman–Crippen MR) is 102 cm³/mol. The molecule has 2 rings (SSSR count). The molecule has 0 bridgehead atoms. The minimum absolute atomic E-state index is 0.151. The van der Waals surface area contributed by atoms with E-state index in [1.165, 1.54) is 16.6 Å². The zero-order chi connectivity index (χ0) is 17.7. The van der Waals surface area contributed by atoms with E-state index in [0.29, 0.717) is 23.1 Å². The molecule has 24 heavy (non-hydrogen) atoms. The van der Waals surface area contributed by atoms with Gasteiger partial charge >= 0.3 is 159 Å². The van der Waals surface area contributed by atoms with Gasteiger partial charge in [0.1, 0.15) is 0 Å². The molecule has 0 aromatic heterocycles. The number of halogens is 2. The van der Waals surface area contributed by atoms with Gasteiger partial charge in [0.25, 0.3) is 0 Å². The van der Waals surface area contributed by atoms with Gasteiger partial charge < -0.3 is 0 Å². The average Bonchev–Trinajstić information content (AvgIpc) is 2.54. The van der Waals surface area contributed by atoms with Crippen molar-refractivity contribution in [2.24, 2.45) is 0 Å². The summed E-state index contributed by atoms with van der Waals surface area (Å²) in [5.41, 5.74) is 0.829. The molecule has 2 aromatic carbocycles. The summed E-state index contributed by atoms with van der Waals surface area (Å²) in [6.45, 7) is -0.151. The third-order valence-corrected chi connectivity index (χ3v) is 9.28. The molecule has 2 aromatic rings. The molecule has 0 aliphatic heterocycles. The van der Waals surface area contributed by atoms with Crippen molar-refractivity contribution in [3.05, 3.63) is 69.4 Å². The van der Waals surface area contributed by atoms with Crippen molar-refractivity contribution in [1.29, 1.82) is 0 Å². The second-order valence-electron chi connectivity index (χ2n) is 6.61. The molecule has 0 fully saturated rings. The van der Waals surface area contributed by atoms with Gasteiger partial charge in [-0.1, -0.05) is 0 Å². The number of hydrogen-bond donors (Lipinski definition) is 2. The third-order valence-electron chi connectivity index (χ3n) is 4.33. The Morgan fingerprint density at radius 3 is 2.38 bits per heavy atom. The zero-order valence-electron chi connectivity index (χ0n) is 14.1. The van der Waals surface area contributed by atoms with Crippen molar-refractivity contribution >= 4 is 35.7 Å². The molecule has 2 N–H and O–H groups in total. The van der Waals surface area contributed by atoms with Gasteiger partial charge in [0.05, 0.1) is 0 Å². The molecule has 0 radical (unpaired) electrons. The van der Waals surface area contributed by atoms with Gasteiger partial charge in [0.15, 0.2) is 0 Å². The molecule has 0 aliphatic rings. The van der Waals surface area contributed by atoms with Crippen LogP contribution in [0.15, 0.2) is 46.9 Å². The van der Waals surface area contributed by atoms with E-state index >= 15 is 0 Å². The number of benzene rings is 2. The molecular weight excluding hydrogens is 478 g/mol. The van der Waals surface area contributed by atoms with Crippen LogP contribution in [0.3, 0.4) is 0 Å². The van der Waals surface area contributed by atoms with Gasteiger partial charge in [-0.15, -0.1) is 0 Å². The maximum atomic E-state index is 13.3. The Morgan fingerprint density at radius 2 is 1.79 bits per heavy atom. The molecule has 130 valence electrons. The van der Waals surface area contributed by atoms with E-state index in [9.17, 15) is 14.6 Å². The molecule has 1 unspecified atom stereocenters. The summed E-state index contributed by atoms with van der Waals surface area (Å²) in [4.78, 5) is 4.72. The van der Waals surface area contributed by atoms with Crippen molar-refractivity contribution in [3.63, 3.8) is 0 Å². The first-order chi connectivity index (χ1) is 11.4. The Kier molecular flexibility index (Phi) is 7.28. The van der Waals surface area contributed by atoms with Crippen LogP contribution in [-0.2, 0) is 12.2 Å². The van der Waals surface area contributed by atoms with Crippen molar-refractivity contribution in [2.45, 2.75) is 39.4 Å². The molecule has 0 heterocycles. The van der Waals surface area contributed by atoms with Crippen LogP contribution in [0.4, 0.5) is 4.39 Å². The topological polar surface area (TPSA) is 40.5 Å². The van der Waals surface area contributed by atoms with Gasteiger partial charge in [-0.25, -0.2) is 0 Å².